The third-order valence-corrected chi connectivity index (χ3v) is 4.98. The Bertz CT molecular complexity index is 666. The Morgan fingerprint density at radius 1 is 1.42 bits per heavy atom. The highest BCUT2D eigenvalue weighted by Gasteiger charge is 2.44. The number of carbonyl (C=O) groups is 1. The summed E-state index contributed by atoms with van der Waals surface area (Å²) in [5.41, 5.74) is 2.46. The fourth-order valence-electron chi connectivity index (χ4n) is 3.57. The van der Waals surface area contributed by atoms with E-state index in [2.05, 4.69) is 13.8 Å². The zero-order valence-electron chi connectivity index (χ0n) is 16.4. The van der Waals surface area contributed by atoms with Crippen LogP contribution in [0.5, 0.6) is 0 Å². The maximum Gasteiger partial charge on any atom is 0.199 e. The molecule has 146 valence electrons. The first-order chi connectivity index (χ1) is 12.0. The van der Waals surface area contributed by atoms with Crippen LogP contribution in [0.1, 0.15) is 48.0 Å². The maximum atomic E-state index is 12.9. The third kappa shape index (κ3) is 3.87. The van der Waals surface area contributed by atoms with Crippen molar-refractivity contribution in [2.24, 2.45) is 5.41 Å². The van der Waals surface area contributed by atoms with Gasteiger partial charge >= 0.3 is 0 Å². The molecule has 1 aliphatic heterocycles. The summed E-state index contributed by atoms with van der Waals surface area (Å²) in [7, 11) is 0. The molecule has 0 amide bonds. The average molecular weight is 366 g/mol. The van der Waals surface area contributed by atoms with Gasteiger partial charge in [-0.2, -0.15) is 0 Å². The van der Waals surface area contributed by atoms with Crippen molar-refractivity contribution in [2.75, 3.05) is 6.61 Å². The van der Waals surface area contributed by atoms with Crippen LogP contribution in [0.4, 0.5) is 0 Å². The second-order valence-corrected chi connectivity index (χ2v) is 8.02. The molecule has 1 aliphatic carbocycles. The van der Waals surface area contributed by atoms with E-state index < -0.39 is 31.0 Å². The normalized spacial score (nSPS) is 29.8. The summed E-state index contributed by atoms with van der Waals surface area (Å²) in [5.74, 6) is -0.259. The Hall–Kier alpha value is -1.63. The Kier molecular flexibility index (Phi) is 6.00. The summed E-state index contributed by atoms with van der Waals surface area (Å²) in [6, 6.07) is 0. The predicted molar refractivity (Wildman–Crippen MR) is 97.5 cm³/mol. The van der Waals surface area contributed by atoms with Gasteiger partial charge in [-0.3, -0.25) is 4.79 Å². The van der Waals surface area contributed by atoms with Crippen molar-refractivity contribution >= 4 is 5.78 Å². The second-order valence-electron chi connectivity index (χ2n) is 8.02. The molecule has 2 aliphatic rings. The second kappa shape index (κ2) is 7.55. The first-order valence-corrected chi connectivity index (χ1v) is 8.94. The van der Waals surface area contributed by atoms with E-state index in [0.717, 1.165) is 11.1 Å². The lowest BCUT2D eigenvalue weighted by Gasteiger charge is -2.37. The molecule has 0 bridgehead atoms. The van der Waals surface area contributed by atoms with Gasteiger partial charge in [-0.05, 0) is 44.3 Å². The molecule has 0 fully saturated rings. The molecule has 0 aromatic carbocycles. The smallest absolute Gasteiger partial charge is 0.199 e. The SMILES string of the molecule is CC(C)=CC1=C(C)C(=O)C(OC2=C(O)C(C)O[C@@H]2[C@@H](O)CO)CC1(C)C. The number of allylic oxidation sites excluding steroid dienone is 3. The van der Waals surface area contributed by atoms with E-state index in [1.54, 1.807) is 13.8 Å². The van der Waals surface area contributed by atoms with Gasteiger partial charge in [0.15, 0.2) is 23.4 Å². The lowest BCUT2D eigenvalue weighted by atomic mass is 9.70. The minimum Gasteiger partial charge on any atom is -0.506 e. The Labute approximate surface area is 154 Å². The van der Waals surface area contributed by atoms with Crippen molar-refractivity contribution in [3.8, 4) is 0 Å². The zero-order chi connectivity index (χ0) is 19.8. The fraction of sp³-hybridized carbons (Fsp3) is 0.650. The van der Waals surface area contributed by atoms with Gasteiger partial charge in [0, 0.05) is 6.42 Å². The first-order valence-electron chi connectivity index (χ1n) is 8.94. The number of aliphatic hydroxyl groups is 3. The summed E-state index contributed by atoms with van der Waals surface area (Å²) in [5, 5.41) is 29.4. The number of Topliss-reactive ketones (excluding diaryl/α,β-unsaturated/α-hetero) is 1. The first kappa shape index (κ1) is 20.7. The van der Waals surface area contributed by atoms with E-state index in [1.807, 2.05) is 19.9 Å². The molecule has 6 heteroatoms. The molecule has 1 heterocycles. The van der Waals surface area contributed by atoms with Crippen molar-refractivity contribution in [3.63, 3.8) is 0 Å². The fourth-order valence-corrected chi connectivity index (χ4v) is 3.57. The Morgan fingerprint density at radius 2 is 2.04 bits per heavy atom. The average Bonchev–Trinajstić information content (AvgIpc) is 2.83. The number of rotatable bonds is 5. The van der Waals surface area contributed by atoms with Crippen LogP contribution in [-0.4, -0.2) is 52.1 Å². The van der Waals surface area contributed by atoms with Gasteiger partial charge in [-0.1, -0.05) is 25.5 Å². The molecule has 26 heavy (non-hydrogen) atoms. The van der Waals surface area contributed by atoms with Crippen molar-refractivity contribution in [1.29, 1.82) is 0 Å². The number of ketones is 1. The van der Waals surface area contributed by atoms with Crippen molar-refractivity contribution in [3.05, 3.63) is 34.3 Å². The van der Waals surface area contributed by atoms with Gasteiger partial charge in [-0.15, -0.1) is 0 Å². The van der Waals surface area contributed by atoms with Crippen LogP contribution in [0.15, 0.2) is 34.3 Å². The van der Waals surface area contributed by atoms with Crippen LogP contribution in [0.3, 0.4) is 0 Å². The summed E-state index contributed by atoms with van der Waals surface area (Å²) in [6.45, 7) is 11.0. The summed E-state index contributed by atoms with van der Waals surface area (Å²) < 4.78 is 11.3. The maximum absolute atomic E-state index is 12.9. The lowest BCUT2D eigenvalue weighted by Crippen LogP contribution is -2.40. The molecule has 0 aromatic heterocycles. The topological polar surface area (TPSA) is 96.2 Å². The summed E-state index contributed by atoms with van der Waals surface area (Å²) in [6.07, 6.45) is -1.20. The van der Waals surface area contributed by atoms with Gasteiger partial charge < -0.3 is 24.8 Å². The number of hydrogen-bond acceptors (Lipinski definition) is 6. The van der Waals surface area contributed by atoms with Crippen LogP contribution in [0, 0.1) is 5.41 Å². The predicted octanol–water partition coefficient (Wildman–Crippen LogP) is 2.56. The van der Waals surface area contributed by atoms with Crippen LogP contribution in [0.25, 0.3) is 0 Å². The molecular weight excluding hydrogens is 336 g/mol. The number of ether oxygens (including phenoxy) is 2. The van der Waals surface area contributed by atoms with E-state index in [9.17, 15) is 20.1 Å². The molecule has 0 radical (unpaired) electrons. The summed E-state index contributed by atoms with van der Waals surface area (Å²) >= 11 is 0. The molecule has 0 saturated heterocycles. The lowest BCUT2D eigenvalue weighted by molar-refractivity contribution is -0.129. The zero-order valence-corrected chi connectivity index (χ0v) is 16.4. The van der Waals surface area contributed by atoms with Crippen LogP contribution < -0.4 is 0 Å². The Balaban J connectivity index is 2.35. The van der Waals surface area contributed by atoms with E-state index in [1.165, 1.54) is 0 Å². The standard InChI is InChI=1S/C20H30O6/c1-10(2)7-13-11(3)16(23)15(8-20(13,5)6)26-19-17(24)12(4)25-18(19)14(22)9-21/h7,12,14-15,18,21-22,24H,8-9H2,1-6H3/t12?,14-,15?,18+/m0/s1. The van der Waals surface area contributed by atoms with Crippen LogP contribution >= 0.6 is 0 Å². The highest BCUT2D eigenvalue weighted by molar-refractivity contribution is 6.00. The highest BCUT2D eigenvalue weighted by Crippen LogP contribution is 2.42. The monoisotopic (exact) mass is 366 g/mol. The van der Waals surface area contributed by atoms with Crippen LogP contribution in [0.2, 0.25) is 0 Å². The molecule has 3 N–H and O–H groups in total. The van der Waals surface area contributed by atoms with Gasteiger partial charge in [0.1, 0.15) is 18.3 Å². The molecule has 2 unspecified atom stereocenters. The number of hydrogen-bond donors (Lipinski definition) is 3. The minimum absolute atomic E-state index is 0.0339. The van der Waals surface area contributed by atoms with E-state index in [-0.39, 0.29) is 22.7 Å². The van der Waals surface area contributed by atoms with Gasteiger partial charge in [0.05, 0.1) is 6.61 Å². The number of aliphatic hydroxyl groups excluding tert-OH is 3. The van der Waals surface area contributed by atoms with E-state index >= 15 is 0 Å². The molecule has 6 nitrogen and oxygen atoms in total. The van der Waals surface area contributed by atoms with E-state index in [4.69, 9.17) is 9.47 Å². The molecule has 0 spiro atoms. The molecule has 4 atom stereocenters. The third-order valence-electron chi connectivity index (χ3n) is 4.98. The molecule has 0 aromatic rings. The van der Waals surface area contributed by atoms with Gasteiger partial charge in [-0.25, -0.2) is 0 Å². The van der Waals surface area contributed by atoms with Crippen molar-refractivity contribution in [1.82, 2.24) is 0 Å². The highest BCUT2D eigenvalue weighted by atomic mass is 16.6. The minimum atomic E-state index is -1.23. The van der Waals surface area contributed by atoms with Crippen molar-refractivity contribution in [2.45, 2.75) is 72.4 Å². The molecular formula is C20H30O6. The largest absolute Gasteiger partial charge is 0.506 e. The quantitative estimate of drug-likeness (QED) is 0.692. The van der Waals surface area contributed by atoms with Crippen LogP contribution in [-0.2, 0) is 14.3 Å². The number of carbonyl (C=O) groups excluding carboxylic acids is 1. The summed E-state index contributed by atoms with van der Waals surface area (Å²) in [4.78, 5) is 12.9. The van der Waals surface area contributed by atoms with E-state index in [0.29, 0.717) is 12.0 Å². The van der Waals surface area contributed by atoms with Crippen molar-refractivity contribution < 1.29 is 29.6 Å². The molecule has 2 rings (SSSR count). The Morgan fingerprint density at radius 3 is 2.58 bits per heavy atom. The van der Waals surface area contributed by atoms with Gasteiger partial charge in [0.2, 0.25) is 0 Å². The molecule has 0 saturated carbocycles. The van der Waals surface area contributed by atoms with Gasteiger partial charge in [0.25, 0.3) is 0 Å².